The standard InChI is InChI=1S/C13H18ClN3O2/c1-4-10-9(6-5-7-19-10)15-13(18)12-11(14)8(2)17(3)16-12/h4,9-10H,1,5-7H2,2-3H3,(H,15,18)/t9-,10+/m1/s1. The summed E-state index contributed by atoms with van der Waals surface area (Å²) in [6, 6.07) is -0.0721. The van der Waals surface area contributed by atoms with Crippen molar-refractivity contribution in [2.24, 2.45) is 7.05 Å². The van der Waals surface area contributed by atoms with Crippen LogP contribution in [0.25, 0.3) is 0 Å². The maximum atomic E-state index is 12.2. The third-order valence-corrected chi connectivity index (χ3v) is 3.84. The third kappa shape index (κ3) is 2.82. The summed E-state index contributed by atoms with van der Waals surface area (Å²) in [4.78, 5) is 12.2. The molecule has 0 radical (unpaired) electrons. The van der Waals surface area contributed by atoms with E-state index in [9.17, 15) is 4.79 Å². The first-order valence-corrected chi connectivity index (χ1v) is 6.66. The van der Waals surface area contributed by atoms with Crippen LogP contribution in [0, 0.1) is 6.92 Å². The number of hydrogen-bond acceptors (Lipinski definition) is 3. The Labute approximate surface area is 117 Å². The monoisotopic (exact) mass is 283 g/mol. The molecule has 6 heteroatoms. The summed E-state index contributed by atoms with van der Waals surface area (Å²) in [7, 11) is 1.76. The molecule has 2 atom stereocenters. The molecule has 104 valence electrons. The van der Waals surface area contributed by atoms with Crippen LogP contribution in [0.1, 0.15) is 29.0 Å². The van der Waals surface area contributed by atoms with E-state index < -0.39 is 0 Å². The first-order chi connectivity index (χ1) is 9.04. The number of aromatic nitrogens is 2. The van der Waals surface area contributed by atoms with Gasteiger partial charge in [0.05, 0.1) is 22.9 Å². The van der Waals surface area contributed by atoms with Gasteiger partial charge in [-0.05, 0) is 19.8 Å². The Morgan fingerprint density at radius 1 is 1.68 bits per heavy atom. The molecule has 1 saturated heterocycles. The highest BCUT2D eigenvalue weighted by Gasteiger charge is 2.27. The highest BCUT2D eigenvalue weighted by atomic mass is 35.5. The van der Waals surface area contributed by atoms with E-state index in [4.69, 9.17) is 16.3 Å². The molecule has 1 N–H and O–H groups in total. The van der Waals surface area contributed by atoms with Crippen molar-refractivity contribution in [2.45, 2.75) is 31.9 Å². The summed E-state index contributed by atoms with van der Waals surface area (Å²) in [5.74, 6) is -0.268. The van der Waals surface area contributed by atoms with Crippen molar-refractivity contribution in [2.75, 3.05) is 6.61 Å². The number of ether oxygens (including phenoxy) is 1. The Kier molecular flexibility index (Phi) is 4.27. The highest BCUT2D eigenvalue weighted by Crippen LogP contribution is 2.20. The predicted molar refractivity (Wildman–Crippen MR) is 73.4 cm³/mol. The molecule has 5 nitrogen and oxygen atoms in total. The zero-order chi connectivity index (χ0) is 14.0. The fourth-order valence-corrected chi connectivity index (χ4v) is 2.40. The fraction of sp³-hybridized carbons (Fsp3) is 0.538. The van der Waals surface area contributed by atoms with Crippen molar-refractivity contribution in [1.29, 1.82) is 0 Å². The van der Waals surface area contributed by atoms with Gasteiger partial charge in [-0.15, -0.1) is 6.58 Å². The molecule has 2 rings (SSSR count). The van der Waals surface area contributed by atoms with Crippen molar-refractivity contribution in [3.05, 3.63) is 29.1 Å². The van der Waals surface area contributed by atoms with Crippen LogP contribution < -0.4 is 5.32 Å². The average Bonchev–Trinajstić information content (AvgIpc) is 2.67. The number of amides is 1. The van der Waals surface area contributed by atoms with E-state index in [2.05, 4.69) is 17.0 Å². The van der Waals surface area contributed by atoms with E-state index in [0.717, 1.165) is 18.5 Å². The lowest BCUT2D eigenvalue weighted by Crippen LogP contribution is -2.46. The van der Waals surface area contributed by atoms with Gasteiger partial charge in [0.1, 0.15) is 0 Å². The van der Waals surface area contributed by atoms with Crippen LogP contribution in [0.2, 0.25) is 5.02 Å². The topological polar surface area (TPSA) is 56.1 Å². The number of hydrogen-bond donors (Lipinski definition) is 1. The van der Waals surface area contributed by atoms with Gasteiger partial charge >= 0.3 is 0 Å². The van der Waals surface area contributed by atoms with Gasteiger partial charge in [0.25, 0.3) is 5.91 Å². The zero-order valence-corrected chi connectivity index (χ0v) is 11.9. The summed E-state index contributed by atoms with van der Waals surface area (Å²) in [6.07, 6.45) is 3.35. The van der Waals surface area contributed by atoms with Gasteiger partial charge < -0.3 is 10.1 Å². The first-order valence-electron chi connectivity index (χ1n) is 6.28. The quantitative estimate of drug-likeness (QED) is 0.861. The molecule has 1 aromatic heterocycles. The van der Waals surface area contributed by atoms with E-state index in [0.29, 0.717) is 11.6 Å². The lowest BCUT2D eigenvalue weighted by molar-refractivity contribution is 0.0204. The van der Waals surface area contributed by atoms with Crippen molar-refractivity contribution >= 4 is 17.5 Å². The molecule has 0 spiro atoms. The number of nitrogens with one attached hydrogen (secondary N) is 1. The number of halogens is 1. The molecule has 0 saturated carbocycles. The fourth-order valence-electron chi connectivity index (χ4n) is 2.15. The molecule has 1 amide bonds. The Morgan fingerprint density at radius 2 is 2.42 bits per heavy atom. The summed E-state index contributed by atoms with van der Waals surface area (Å²) >= 11 is 6.10. The van der Waals surface area contributed by atoms with Crippen molar-refractivity contribution in [3.63, 3.8) is 0 Å². The van der Waals surface area contributed by atoms with Gasteiger partial charge in [-0.25, -0.2) is 0 Å². The van der Waals surface area contributed by atoms with Crippen LogP contribution in [-0.2, 0) is 11.8 Å². The van der Waals surface area contributed by atoms with Crippen molar-refractivity contribution in [1.82, 2.24) is 15.1 Å². The largest absolute Gasteiger partial charge is 0.372 e. The van der Waals surface area contributed by atoms with Gasteiger partial charge in [0.15, 0.2) is 5.69 Å². The highest BCUT2D eigenvalue weighted by molar-refractivity contribution is 6.34. The van der Waals surface area contributed by atoms with Gasteiger partial charge in [-0.2, -0.15) is 5.10 Å². The van der Waals surface area contributed by atoms with Gasteiger partial charge in [-0.3, -0.25) is 9.48 Å². The average molecular weight is 284 g/mol. The number of rotatable bonds is 3. The molecule has 1 aliphatic heterocycles. The van der Waals surface area contributed by atoms with Gasteiger partial charge in [0.2, 0.25) is 0 Å². The number of nitrogens with zero attached hydrogens (tertiary/aromatic N) is 2. The smallest absolute Gasteiger partial charge is 0.273 e. The Hall–Kier alpha value is -1.33. The Bertz CT molecular complexity index is 498. The molecule has 2 heterocycles. The van der Waals surface area contributed by atoms with Gasteiger partial charge in [0, 0.05) is 13.7 Å². The summed E-state index contributed by atoms with van der Waals surface area (Å²) < 4.78 is 7.14. The third-order valence-electron chi connectivity index (χ3n) is 3.39. The molecule has 19 heavy (non-hydrogen) atoms. The van der Waals surface area contributed by atoms with Crippen molar-refractivity contribution in [3.8, 4) is 0 Å². The molecule has 0 bridgehead atoms. The van der Waals surface area contributed by atoms with Gasteiger partial charge in [-0.1, -0.05) is 17.7 Å². The number of carbonyl (C=O) groups is 1. The summed E-state index contributed by atoms with van der Waals surface area (Å²) in [5.41, 5.74) is 1.03. The van der Waals surface area contributed by atoms with Crippen LogP contribution in [-0.4, -0.2) is 34.4 Å². The number of aryl methyl sites for hydroxylation is 1. The minimum atomic E-state index is -0.268. The molecular weight excluding hydrogens is 266 g/mol. The van der Waals surface area contributed by atoms with Crippen molar-refractivity contribution < 1.29 is 9.53 Å². The first kappa shape index (κ1) is 14.1. The van der Waals surface area contributed by atoms with E-state index >= 15 is 0 Å². The van der Waals surface area contributed by atoms with Crippen LogP contribution in [0.4, 0.5) is 0 Å². The van der Waals surface area contributed by atoms with E-state index in [1.54, 1.807) is 17.8 Å². The Balaban J connectivity index is 2.11. The second kappa shape index (κ2) is 5.75. The molecule has 0 unspecified atom stereocenters. The Morgan fingerprint density at radius 3 is 3.00 bits per heavy atom. The van der Waals surface area contributed by atoms with E-state index in [-0.39, 0.29) is 23.7 Å². The maximum Gasteiger partial charge on any atom is 0.273 e. The van der Waals surface area contributed by atoms with Crippen LogP contribution in [0.5, 0.6) is 0 Å². The number of carbonyl (C=O) groups excluding carboxylic acids is 1. The molecule has 1 aliphatic rings. The molecular formula is C13H18ClN3O2. The van der Waals surface area contributed by atoms with E-state index in [1.807, 2.05) is 6.92 Å². The SMILES string of the molecule is C=C[C@@H]1OCCC[C@H]1NC(=O)c1nn(C)c(C)c1Cl. The normalized spacial score (nSPS) is 23.1. The molecule has 0 aliphatic carbocycles. The van der Waals surface area contributed by atoms with E-state index in [1.165, 1.54) is 0 Å². The van der Waals surface area contributed by atoms with Crippen LogP contribution in [0.15, 0.2) is 12.7 Å². The molecule has 1 aromatic rings. The lowest BCUT2D eigenvalue weighted by Gasteiger charge is -2.30. The molecule has 0 aromatic carbocycles. The van der Waals surface area contributed by atoms with Crippen LogP contribution in [0.3, 0.4) is 0 Å². The second-order valence-electron chi connectivity index (χ2n) is 4.66. The predicted octanol–water partition coefficient (Wildman–Crippen LogP) is 1.85. The van der Waals surface area contributed by atoms with Crippen LogP contribution >= 0.6 is 11.6 Å². The summed E-state index contributed by atoms with van der Waals surface area (Å²) in [6.45, 7) is 6.25. The minimum Gasteiger partial charge on any atom is -0.372 e. The summed E-state index contributed by atoms with van der Waals surface area (Å²) in [5, 5.41) is 7.45. The maximum absolute atomic E-state index is 12.2. The molecule has 1 fully saturated rings. The lowest BCUT2D eigenvalue weighted by atomic mass is 10.0. The zero-order valence-electron chi connectivity index (χ0n) is 11.1. The second-order valence-corrected chi connectivity index (χ2v) is 5.04. The minimum absolute atomic E-state index is 0.0721.